The zero-order valence-electron chi connectivity index (χ0n) is 21.4. The Hall–Kier alpha value is 0.960. The summed E-state index contributed by atoms with van der Waals surface area (Å²) in [6, 6.07) is 0. The van der Waals surface area contributed by atoms with Gasteiger partial charge in [0.15, 0.2) is 0 Å². The Balaban J connectivity index is 2.99. The standard InChI is InChI=1S/C29H58Br2/c1-2-3-4-5-6-7-8-9-10-11-12-13-14-15-16-17-18-19-20-21-22-23-24-25-26-27-28-29(30)31/h29H,2-28H2,1H3. The topological polar surface area (TPSA) is 0 Å². The summed E-state index contributed by atoms with van der Waals surface area (Å²) in [7, 11) is 0. The third-order valence-corrected chi connectivity index (χ3v) is 7.69. The average molecular weight is 567 g/mol. The first-order valence-electron chi connectivity index (χ1n) is 14.6. The van der Waals surface area contributed by atoms with Gasteiger partial charge in [-0.25, -0.2) is 0 Å². The van der Waals surface area contributed by atoms with E-state index >= 15 is 0 Å². The van der Waals surface area contributed by atoms with Crippen molar-refractivity contribution in [2.24, 2.45) is 0 Å². The summed E-state index contributed by atoms with van der Waals surface area (Å²) in [6.45, 7) is 2.30. The molecule has 0 aromatic rings. The van der Waals surface area contributed by atoms with E-state index in [1.54, 1.807) is 0 Å². The largest absolute Gasteiger partial charge is 0.0765 e. The Kier molecular flexibility index (Phi) is 29.9. The molecule has 0 unspecified atom stereocenters. The summed E-state index contributed by atoms with van der Waals surface area (Å²) in [6.07, 6.45) is 39.4. The van der Waals surface area contributed by atoms with E-state index < -0.39 is 0 Å². The van der Waals surface area contributed by atoms with Gasteiger partial charge in [-0.15, -0.1) is 0 Å². The van der Waals surface area contributed by atoms with Crippen LogP contribution in [0, 0.1) is 0 Å². The van der Waals surface area contributed by atoms with Crippen molar-refractivity contribution in [1.82, 2.24) is 0 Å². The van der Waals surface area contributed by atoms with Gasteiger partial charge in [0.2, 0.25) is 0 Å². The normalized spacial score (nSPS) is 11.6. The number of unbranched alkanes of at least 4 members (excludes halogenated alkanes) is 25. The molecular formula is C29H58Br2. The van der Waals surface area contributed by atoms with Crippen LogP contribution in [0.5, 0.6) is 0 Å². The molecule has 0 rings (SSSR count). The van der Waals surface area contributed by atoms with E-state index in [0.717, 1.165) is 0 Å². The van der Waals surface area contributed by atoms with Gasteiger partial charge in [0, 0.05) is 0 Å². The molecule has 0 aromatic heterocycles. The van der Waals surface area contributed by atoms with Crippen LogP contribution in [0.4, 0.5) is 0 Å². The summed E-state index contributed by atoms with van der Waals surface area (Å²) in [5.41, 5.74) is 0. The zero-order valence-corrected chi connectivity index (χ0v) is 24.6. The van der Waals surface area contributed by atoms with Crippen molar-refractivity contribution < 1.29 is 0 Å². The van der Waals surface area contributed by atoms with Crippen LogP contribution >= 0.6 is 31.9 Å². The lowest BCUT2D eigenvalue weighted by atomic mass is 10.0. The molecule has 0 fully saturated rings. The molecule has 0 atom stereocenters. The first-order valence-corrected chi connectivity index (χ1v) is 16.4. The molecule has 0 saturated carbocycles. The van der Waals surface area contributed by atoms with Crippen molar-refractivity contribution in [3.05, 3.63) is 0 Å². The molecule has 188 valence electrons. The number of hydrogen-bond donors (Lipinski definition) is 0. The lowest BCUT2D eigenvalue weighted by Crippen LogP contribution is -1.86. The molecule has 0 radical (unpaired) electrons. The van der Waals surface area contributed by atoms with Crippen LogP contribution in [0.1, 0.15) is 180 Å². The summed E-state index contributed by atoms with van der Waals surface area (Å²) >= 11 is 7.11. The van der Waals surface area contributed by atoms with Crippen LogP contribution in [0.15, 0.2) is 0 Å². The predicted octanol–water partition coefficient (Wildman–Crippen LogP) is 12.7. The second kappa shape index (κ2) is 29.0. The predicted molar refractivity (Wildman–Crippen MR) is 152 cm³/mol. The molecule has 31 heavy (non-hydrogen) atoms. The Morgan fingerprint density at radius 1 is 0.323 bits per heavy atom. The van der Waals surface area contributed by atoms with Crippen LogP contribution in [-0.2, 0) is 0 Å². The lowest BCUT2D eigenvalue weighted by Gasteiger charge is -2.04. The van der Waals surface area contributed by atoms with Gasteiger partial charge >= 0.3 is 0 Å². The highest BCUT2D eigenvalue weighted by molar-refractivity contribution is 9.24. The second-order valence-corrected chi connectivity index (χ2v) is 13.5. The maximum Gasteiger partial charge on any atom is 0.0697 e. The average Bonchev–Trinajstić information content (AvgIpc) is 2.76. The Labute approximate surface area is 215 Å². The highest BCUT2D eigenvalue weighted by atomic mass is 79.9. The van der Waals surface area contributed by atoms with Gasteiger partial charge in [0.1, 0.15) is 0 Å². The maximum absolute atomic E-state index is 3.56. The van der Waals surface area contributed by atoms with Crippen LogP contribution < -0.4 is 0 Å². The van der Waals surface area contributed by atoms with Gasteiger partial charge in [-0.1, -0.05) is 206 Å². The van der Waals surface area contributed by atoms with E-state index in [4.69, 9.17) is 0 Å². The van der Waals surface area contributed by atoms with Crippen LogP contribution in [0.25, 0.3) is 0 Å². The highest BCUT2D eigenvalue weighted by Crippen LogP contribution is 2.18. The second-order valence-electron chi connectivity index (χ2n) is 10.0. The van der Waals surface area contributed by atoms with E-state index in [1.807, 2.05) is 0 Å². The Morgan fingerprint density at radius 3 is 0.710 bits per heavy atom. The van der Waals surface area contributed by atoms with Gasteiger partial charge in [0.25, 0.3) is 0 Å². The smallest absolute Gasteiger partial charge is 0.0697 e. The molecule has 0 spiro atoms. The SMILES string of the molecule is CCCCCCCCCCCCCCCCCCCCCCCCCCCCC(Br)Br. The Bertz CT molecular complexity index is 303. The van der Waals surface area contributed by atoms with Gasteiger partial charge in [-0.05, 0) is 6.42 Å². The van der Waals surface area contributed by atoms with Crippen molar-refractivity contribution in [3.8, 4) is 0 Å². The van der Waals surface area contributed by atoms with E-state index in [9.17, 15) is 0 Å². The van der Waals surface area contributed by atoms with E-state index in [1.165, 1.54) is 173 Å². The van der Waals surface area contributed by atoms with Crippen molar-refractivity contribution in [2.75, 3.05) is 0 Å². The molecule has 0 aromatic carbocycles. The van der Waals surface area contributed by atoms with Crippen LogP contribution in [0.2, 0.25) is 0 Å². The third-order valence-electron chi connectivity index (χ3n) is 6.78. The van der Waals surface area contributed by atoms with Crippen LogP contribution in [-0.4, -0.2) is 3.74 Å². The first kappa shape index (κ1) is 32.0. The summed E-state index contributed by atoms with van der Waals surface area (Å²) in [5.74, 6) is 0. The monoisotopic (exact) mass is 564 g/mol. The number of alkyl halides is 2. The lowest BCUT2D eigenvalue weighted by molar-refractivity contribution is 0.515. The van der Waals surface area contributed by atoms with E-state index in [0.29, 0.717) is 3.74 Å². The fourth-order valence-corrected chi connectivity index (χ4v) is 5.26. The maximum atomic E-state index is 3.56. The summed E-state index contributed by atoms with van der Waals surface area (Å²) < 4.78 is 0.523. The molecule has 0 saturated heterocycles. The minimum Gasteiger partial charge on any atom is -0.0765 e. The molecule has 0 bridgehead atoms. The molecule has 0 nitrogen and oxygen atoms in total. The molecule has 0 aliphatic carbocycles. The molecule has 0 N–H and O–H groups in total. The van der Waals surface area contributed by atoms with Crippen molar-refractivity contribution in [2.45, 2.75) is 184 Å². The fourth-order valence-electron chi connectivity index (χ4n) is 4.61. The van der Waals surface area contributed by atoms with Gasteiger partial charge in [0.05, 0.1) is 3.74 Å². The van der Waals surface area contributed by atoms with E-state index in [-0.39, 0.29) is 0 Å². The molecule has 2 heteroatoms. The molecular weight excluding hydrogens is 508 g/mol. The Morgan fingerprint density at radius 2 is 0.516 bits per heavy atom. The number of halogens is 2. The van der Waals surface area contributed by atoms with E-state index in [2.05, 4.69) is 38.8 Å². The highest BCUT2D eigenvalue weighted by Gasteiger charge is 1.98. The van der Waals surface area contributed by atoms with Gasteiger partial charge < -0.3 is 0 Å². The van der Waals surface area contributed by atoms with Crippen molar-refractivity contribution in [1.29, 1.82) is 0 Å². The van der Waals surface area contributed by atoms with Gasteiger partial charge in [-0.2, -0.15) is 0 Å². The summed E-state index contributed by atoms with van der Waals surface area (Å²) in [5, 5.41) is 0. The van der Waals surface area contributed by atoms with Gasteiger partial charge in [-0.3, -0.25) is 0 Å². The molecule has 0 amide bonds. The quantitative estimate of drug-likeness (QED) is 0.0685. The minimum absolute atomic E-state index is 0.523. The van der Waals surface area contributed by atoms with Crippen molar-refractivity contribution in [3.63, 3.8) is 0 Å². The molecule has 0 aliphatic rings. The third kappa shape index (κ3) is 31.0. The number of hydrogen-bond acceptors (Lipinski definition) is 0. The summed E-state index contributed by atoms with van der Waals surface area (Å²) in [4.78, 5) is 0. The number of rotatable bonds is 27. The minimum atomic E-state index is 0.523. The zero-order chi connectivity index (χ0) is 22.7. The fraction of sp³-hybridized carbons (Fsp3) is 1.00. The molecule has 0 aliphatic heterocycles. The van der Waals surface area contributed by atoms with Crippen molar-refractivity contribution >= 4 is 31.9 Å². The van der Waals surface area contributed by atoms with Crippen LogP contribution in [0.3, 0.4) is 0 Å². The molecule has 0 heterocycles. The first-order chi connectivity index (χ1) is 15.3.